The Kier molecular flexibility index (Phi) is 6.14. The minimum absolute atomic E-state index is 0.0468. The summed E-state index contributed by atoms with van der Waals surface area (Å²) in [6.45, 7) is -0.0468. The molecular weight excluding hydrogens is 433 g/mol. The zero-order valence-corrected chi connectivity index (χ0v) is 17.9. The van der Waals surface area contributed by atoms with Crippen molar-refractivity contribution in [2.45, 2.75) is 6.42 Å². The molecule has 0 atom stereocenters. The van der Waals surface area contributed by atoms with Gasteiger partial charge in [0.25, 0.3) is 0 Å². The number of halogens is 2. The van der Waals surface area contributed by atoms with Crippen molar-refractivity contribution in [2.24, 2.45) is 0 Å². The molecule has 4 rings (SSSR count). The van der Waals surface area contributed by atoms with Crippen molar-refractivity contribution < 1.29 is 15.0 Å². The third-order valence-corrected chi connectivity index (χ3v) is 5.54. The molecule has 0 aliphatic rings. The van der Waals surface area contributed by atoms with Crippen LogP contribution in [0.3, 0.4) is 0 Å². The van der Waals surface area contributed by atoms with Crippen LogP contribution in [0.5, 0.6) is 0 Å². The Morgan fingerprint density at radius 1 is 0.839 bits per heavy atom. The lowest BCUT2D eigenvalue weighted by molar-refractivity contribution is 0.0698. The number of aliphatic hydroxyl groups excluding tert-OH is 1. The Morgan fingerprint density at radius 2 is 1.55 bits per heavy atom. The summed E-state index contributed by atoms with van der Waals surface area (Å²) in [6.07, 6.45) is 0.399. The third-order valence-electron chi connectivity index (χ3n) is 5.07. The number of nitrogens with zero attached hydrogens (tertiary/aromatic N) is 1. The van der Waals surface area contributed by atoms with Crippen molar-refractivity contribution in [1.29, 1.82) is 0 Å². The first-order valence-electron chi connectivity index (χ1n) is 9.69. The van der Waals surface area contributed by atoms with Gasteiger partial charge in [-0.05, 0) is 47.9 Å². The smallest absolute Gasteiger partial charge is 0.337 e. The molecule has 1 aromatic heterocycles. The van der Waals surface area contributed by atoms with Gasteiger partial charge in [0.1, 0.15) is 0 Å². The van der Waals surface area contributed by atoms with E-state index in [4.69, 9.17) is 23.2 Å². The highest BCUT2D eigenvalue weighted by Gasteiger charge is 2.24. The first-order chi connectivity index (χ1) is 15.0. The van der Waals surface area contributed by atoms with Gasteiger partial charge in [-0.1, -0.05) is 71.7 Å². The molecule has 0 aliphatic carbocycles. The lowest BCUT2D eigenvalue weighted by atomic mass is 10.1. The van der Waals surface area contributed by atoms with E-state index in [9.17, 15) is 15.0 Å². The topological polar surface area (TPSA) is 62.5 Å². The second-order valence-electron chi connectivity index (χ2n) is 7.06. The van der Waals surface area contributed by atoms with Crippen LogP contribution in [0.15, 0.2) is 78.9 Å². The number of aliphatic hydroxyl groups is 1. The molecule has 0 aliphatic heterocycles. The van der Waals surface area contributed by atoms with Crippen LogP contribution in [0.1, 0.15) is 15.9 Å². The molecule has 6 heteroatoms. The molecule has 0 saturated heterocycles. The number of hydrogen-bond donors (Lipinski definition) is 2. The van der Waals surface area contributed by atoms with Crippen molar-refractivity contribution in [3.05, 3.63) is 100 Å². The molecule has 1 heterocycles. The number of carboxylic acids is 1. The fourth-order valence-corrected chi connectivity index (χ4v) is 4.10. The van der Waals surface area contributed by atoms with Crippen LogP contribution >= 0.6 is 23.2 Å². The zero-order chi connectivity index (χ0) is 22.0. The molecule has 31 heavy (non-hydrogen) atoms. The molecule has 0 radical (unpaired) electrons. The predicted molar refractivity (Wildman–Crippen MR) is 124 cm³/mol. The average Bonchev–Trinajstić information content (AvgIpc) is 3.17. The molecule has 4 nitrogen and oxygen atoms in total. The van der Waals surface area contributed by atoms with E-state index in [1.165, 1.54) is 0 Å². The molecule has 0 fully saturated rings. The molecule has 0 unspecified atom stereocenters. The van der Waals surface area contributed by atoms with E-state index < -0.39 is 5.97 Å². The number of rotatable bonds is 6. The van der Waals surface area contributed by atoms with Crippen LogP contribution in [-0.2, 0) is 6.42 Å². The summed E-state index contributed by atoms with van der Waals surface area (Å²) >= 11 is 12.6. The van der Waals surface area contributed by atoms with Crippen molar-refractivity contribution in [2.75, 3.05) is 6.61 Å². The highest BCUT2D eigenvalue weighted by atomic mass is 35.5. The maximum absolute atomic E-state index is 12.3. The molecule has 2 N–H and O–H groups in total. The summed E-state index contributed by atoms with van der Waals surface area (Å²) in [7, 11) is 0. The van der Waals surface area contributed by atoms with Gasteiger partial charge in [0.2, 0.25) is 0 Å². The number of carbonyl (C=O) groups is 1. The van der Waals surface area contributed by atoms with E-state index in [2.05, 4.69) is 0 Å². The third kappa shape index (κ3) is 4.23. The molecule has 0 bridgehead atoms. The standard InChI is InChI=1S/C25H19Cl2NO3/c26-19-8-4-7-18(13-19)24-21(25(30)31)15-23(16-5-2-1-3-6-16)28(24)22-14-20(27)10-9-17(22)11-12-29/h1-10,13-15,29H,11-12H2,(H,30,31). The number of carboxylic acid groups (broad SMARTS) is 1. The van der Waals surface area contributed by atoms with Crippen molar-refractivity contribution in [3.63, 3.8) is 0 Å². The van der Waals surface area contributed by atoms with Gasteiger partial charge < -0.3 is 14.8 Å². The van der Waals surface area contributed by atoms with Crippen LogP contribution < -0.4 is 0 Å². The normalized spacial score (nSPS) is 10.9. The maximum Gasteiger partial charge on any atom is 0.337 e. The summed E-state index contributed by atoms with van der Waals surface area (Å²) in [5.41, 5.74) is 4.43. The van der Waals surface area contributed by atoms with Gasteiger partial charge in [0.05, 0.1) is 22.6 Å². The fraction of sp³-hybridized carbons (Fsp3) is 0.0800. The quantitative estimate of drug-likeness (QED) is 0.358. The summed E-state index contributed by atoms with van der Waals surface area (Å²) < 4.78 is 1.89. The van der Waals surface area contributed by atoms with Crippen molar-refractivity contribution in [3.8, 4) is 28.2 Å². The van der Waals surface area contributed by atoms with Crippen molar-refractivity contribution in [1.82, 2.24) is 4.57 Å². The Balaban J connectivity index is 2.14. The van der Waals surface area contributed by atoms with Gasteiger partial charge in [-0.2, -0.15) is 0 Å². The average molecular weight is 452 g/mol. The number of benzene rings is 3. The lowest BCUT2D eigenvalue weighted by Crippen LogP contribution is -2.07. The van der Waals surface area contributed by atoms with Crippen LogP contribution in [0.2, 0.25) is 10.0 Å². The van der Waals surface area contributed by atoms with E-state index in [-0.39, 0.29) is 12.2 Å². The molecule has 0 spiro atoms. The minimum atomic E-state index is -1.04. The molecule has 0 amide bonds. The zero-order valence-electron chi connectivity index (χ0n) is 16.4. The van der Waals surface area contributed by atoms with E-state index in [0.717, 1.165) is 11.1 Å². The van der Waals surface area contributed by atoms with Crippen LogP contribution in [-0.4, -0.2) is 27.4 Å². The Hall–Kier alpha value is -3.05. The van der Waals surface area contributed by atoms with E-state index >= 15 is 0 Å². The van der Waals surface area contributed by atoms with Crippen LogP contribution in [0, 0.1) is 0 Å². The first-order valence-corrected chi connectivity index (χ1v) is 10.4. The Labute approximate surface area is 189 Å². The second kappa shape index (κ2) is 8.98. The molecule has 3 aromatic carbocycles. The summed E-state index contributed by atoms with van der Waals surface area (Å²) in [6, 6.07) is 23.7. The fourth-order valence-electron chi connectivity index (χ4n) is 3.74. The number of aromatic nitrogens is 1. The predicted octanol–water partition coefficient (Wildman–Crippen LogP) is 6.35. The largest absolute Gasteiger partial charge is 0.478 e. The van der Waals surface area contributed by atoms with Gasteiger partial charge >= 0.3 is 5.97 Å². The molecule has 156 valence electrons. The van der Waals surface area contributed by atoms with E-state index in [1.54, 1.807) is 36.4 Å². The van der Waals surface area contributed by atoms with Gasteiger partial charge in [-0.15, -0.1) is 0 Å². The minimum Gasteiger partial charge on any atom is -0.478 e. The summed E-state index contributed by atoms with van der Waals surface area (Å²) in [5, 5.41) is 20.7. The van der Waals surface area contributed by atoms with Crippen molar-refractivity contribution >= 4 is 29.2 Å². The van der Waals surface area contributed by atoms with Gasteiger partial charge in [-0.3, -0.25) is 0 Å². The van der Waals surface area contributed by atoms with Crippen LogP contribution in [0.4, 0.5) is 0 Å². The van der Waals surface area contributed by atoms with E-state index in [0.29, 0.717) is 39.1 Å². The lowest BCUT2D eigenvalue weighted by Gasteiger charge is -2.18. The highest BCUT2D eigenvalue weighted by molar-refractivity contribution is 6.31. The summed E-state index contributed by atoms with van der Waals surface area (Å²) in [4.78, 5) is 12.3. The maximum atomic E-state index is 12.3. The number of hydrogen-bond acceptors (Lipinski definition) is 2. The molecular formula is C25H19Cl2NO3. The van der Waals surface area contributed by atoms with Crippen LogP contribution in [0.25, 0.3) is 28.2 Å². The van der Waals surface area contributed by atoms with E-state index in [1.807, 2.05) is 47.0 Å². The Bertz CT molecular complexity index is 1250. The summed E-state index contributed by atoms with van der Waals surface area (Å²) in [5.74, 6) is -1.04. The first kappa shape index (κ1) is 21.2. The highest BCUT2D eigenvalue weighted by Crippen LogP contribution is 2.38. The van der Waals surface area contributed by atoms with Gasteiger partial charge in [-0.25, -0.2) is 4.79 Å². The number of aromatic carboxylic acids is 1. The van der Waals surface area contributed by atoms with Gasteiger partial charge in [0.15, 0.2) is 0 Å². The molecule has 4 aromatic rings. The SMILES string of the molecule is O=C(O)c1cc(-c2ccccc2)n(-c2cc(Cl)ccc2CCO)c1-c1cccc(Cl)c1. The Morgan fingerprint density at radius 3 is 2.23 bits per heavy atom. The van der Waals surface area contributed by atoms with Gasteiger partial charge in [0, 0.05) is 22.2 Å². The monoisotopic (exact) mass is 451 g/mol. The second-order valence-corrected chi connectivity index (χ2v) is 7.93. The molecule has 0 saturated carbocycles.